The SMILES string of the molecule is O=C(O)c1cccnc1-n1ccc(C2CC2)n1. The third kappa shape index (κ3) is 1.80. The summed E-state index contributed by atoms with van der Waals surface area (Å²) in [5, 5.41) is 13.5. The Hall–Kier alpha value is -2.17. The van der Waals surface area contributed by atoms with Crippen LogP contribution in [0.3, 0.4) is 0 Å². The zero-order valence-electron chi connectivity index (χ0n) is 9.08. The van der Waals surface area contributed by atoms with Crippen molar-refractivity contribution in [2.45, 2.75) is 18.8 Å². The normalized spacial score (nSPS) is 14.8. The molecule has 1 aliphatic carbocycles. The van der Waals surface area contributed by atoms with Gasteiger partial charge in [0.2, 0.25) is 0 Å². The zero-order chi connectivity index (χ0) is 11.8. The molecule has 2 heterocycles. The van der Waals surface area contributed by atoms with Crippen LogP contribution in [-0.4, -0.2) is 25.8 Å². The number of carbonyl (C=O) groups is 1. The standard InChI is InChI=1S/C12H11N3O2/c16-12(17)9-2-1-6-13-11(9)15-7-5-10(14-15)8-3-4-8/h1-2,5-8H,3-4H2,(H,16,17). The Bertz CT molecular complexity index is 573. The second-order valence-electron chi connectivity index (χ2n) is 4.14. The van der Waals surface area contributed by atoms with E-state index in [9.17, 15) is 4.79 Å². The van der Waals surface area contributed by atoms with Crippen LogP contribution >= 0.6 is 0 Å². The number of pyridine rings is 1. The topological polar surface area (TPSA) is 68.0 Å². The molecule has 2 aromatic heterocycles. The Balaban J connectivity index is 2.04. The lowest BCUT2D eigenvalue weighted by Crippen LogP contribution is -2.08. The molecule has 5 heteroatoms. The summed E-state index contributed by atoms with van der Waals surface area (Å²) >= 11 is 0. The maximum Gasteiger partial charge on any atom is 0.339 e. The Kier molecular flexibility index (Phi) is 2.18. The Labute approximate surface area is 97.7 Å². The maximum absolute atomic E-state index is 11.1. The van der Waals surface area contributed by atoms with Crippen molar-refractivity contribution < 1.29 is 9.90 Å². The van der Waals surface area contributed by atoms with Crippen molar-refractivity contribution in [3.05, 3.63) is 41.9 Å². The van der Waals surface area contributed by atoms with Crippen LogP contribution in [0.1, 0.15) is 34.8 Å². The van der Waals surface area contributed by atoms with Gasteiger partial charge in [0, 0.05) is 18.3 Å². The van der Waals surface area contributed by atoms with Gasteiger partial charge in [-0.2, -0.15) is 5.10 Å². The molecule has 17 heavy (non-hydrogen) atoms. The van der Waals surface area contributed by atoms with Crippen LogP contribution in [0.4, 0.5) is 0 Å². The van der Waals surface area contributed by atoms with E-state index in [2.05, 4.69) is 10.1 Å². The first kappa shape index (κ1) is 10.0. The van der Waals surface area contributed by atoms with Gasteiger partial charge in [0.25, 0.3) is 0 Å². The van der Waals surface area contributed by atoms with Gasteiger partial charge in [0.15, 0.2) is 5.82 Å². The second kappa shape index (κ2) is 3.69. The highest BCUT2D eigenvalue weighted by Crippen LogP contribution is 2.39. The molecule has 0 spiro atoms. The molecule has 2 aromatic rings. The van der Waals surface area contributed by atoms with E-state index in [1.165, 1.54) is 23.6 Å². The molecule has 0 bridgehead atoms. The van der Waals surface area contributed by atoms with Gasteiger partial charge in [-0.15, -0.1) is 0 Å². The van der Waals surface area contributed by atoms with Crippen molar-refractivity contribution in [1.29, 1.82) is 0 Å². The zero-order valence-corrected chi connectivity index (χ0v) is 9.08. The van der Waals surface area contributed by atoms with E-state index in [0.29, 0.717) is 11.7 Å². The quantitative estimate of drug-likeness (QED) is 0.872. The van der Waals surface area contributed by atoms with E-state index in [1.54, 1.807) is 18.5 Å². The van der Waals surface area contributed by atoms with Crippen molar-refractivity contribution >= 4 is 5.97 Å². The van der Waals surface area contributed by atoms with E-state index in [4.69, 9.17) is 5.11 Å². The number of nitrogens with zero attached hydrogens (tertiary/aromatic N) is 3. The molecular formula is C12H11N3O2. The monoisotopic (exact) mass is 229 g/mol. The van der Waals surface area contributed by atoms with Crippen molar-refractivity contribution in [1.82, 2.24) is 14.8 Å². The lowest BCUT2D eigenvalue weighted by atomic mass is 10.2. The second-order valence-corrected chi connectivity index (χ2v) is 4.14. The molecule has 1 N–H and O–H groups in total. The molecule has 0 amide bonds. The molecule has 0 atom stereocenters. The first-order valence-electron chi connectivity index (χ1n) is 5.50. The van der Waals surface area contributed by atoms with E-state index in [-0.39, 0.29) is 5.56 Å². The molecule has 1 aliphatic rings. The van der Waals surface area contributed by atoms with Gasteiger partial charge < -0.3 is 5.11 Å². The van der Waals surface area contributed by atoms with Crippen molar-refractivity contribution in [3.63, 3.8) is 0 Å². The average molecular weight is 229 g/mol. The van der Waals surface area contributed by atoms with Crippen LogP contribution in [0.25, 0.3) is 5.82 Å². The minimum Gasteiger partial charge on any atom is -0.478 e. The fourth-order valence-corrected chi connectivity index (χ4v) is 1.80. The summed E-state index contributed by atoms with van der Waals surface area (Å²) in [4.78, 5) is 15.1. The van der Waals surface area contributed by atoms with Crippen LogP contribution in [0.2, 0.25) is 0 Å². The predicted octanol–water partition coefficient (Wildman–Crippen LogP) is 1.84. The number of carboxylic acid groups (broad SMARTS) is 1. The van der Waals surface area contributed by atoms with Crippen LogP contribution < -0.4 is 0 Å². The fourth-order valence-electron chi connectivity index (χ4n) is 1.80. The number of hydrogen-bond acceptors (Lipinski definition) is 3. The van der Waals surface area contributed by atoms with Crippen molar-refractivity contribution in [3.8, 4) is 5.82 Å². The number of aromatic carboxylic acids is 1. The van der Waals surface area contributed by atoms with Crippen LogP contribution in [0.5, 0.6) is 0 Å². The minimum absolute atomic E-state index is 0.165. The Morgan fingerprint density at radius 2 is 2.24 bits per heavy atom. The highest BCUT2D eigenvalue weighted by molar-refractivity contribution is 5.90. The third-order valence-electron chi connectivity index (χ3n) is 2.84. The van der Waals surface area contributed by atoms with Crippen molar-refractivity contribution in [2.24, 2.45) is 0 Å². The maximum atomic E-state index is 11.1. The molecule has 0 unspecified atom stereocenters. The molecular weight excluding hydrogens is 218 g/mol. The van der Waals surface area contributed by atoms with Gasteiger partial charge in [-0.05, 0) is 31.0 Å². The fraction of sp³-hybridized carbons (Fsp3) is 0.250. The molecule has 0 aromatic carbocycles. The average Bonchev–Trinajstić information content (AvgIpc) is 3.07. The molecule has 1 fully saturated rings. The molecule has 1 saturated carbocycles. The number of hydrogen-bond donors (Lipinski definition) is 1. The van der Waals surface area contributed by atoms with Crippen LogP contribution in [0.15, 0.2) is 30.6 Å². The summed E-state index contributed by atoms with van der Waals surface area (Å²) in [6.07, 6.45) is 5.68. The molecule has 0 radical (unpaired) electrons. The molecule has 5 nitrogen and oxygen atoms in total. The number of aromatic nitrogens is 3. The largest absolute Gasteiger partial charge is 0.478 e. The van der Waals surface area contributed by atoms with Crippen molar-refractivity contribution in [2.75, 3.05) is 0 Å². The lowest BCUT2D eigenvalue weighted by molar-refractivity contribution is 0.0696. The number of carboxylic acids is 1. The predicted molar refractivity (Wildman–Crippen MR) is 60.3 cm³/mol. The summed E-state index contributed by atoms with van der Waals surface area (Å²) in [6, 6.07) is 5.07. The minimum atomic E-state index is -0.989. The van der Waals surface area contributed by atoms with Gasteiger partial charge in [0.1, 0.15) is 5.56 Å². The van der Waals surface area contributed by atoms with E-state index in [0.717, 1.165) is 5.69 Å². The van der Waals surface area contributed by atoms with Gasteiger partial charge in [-0.1, -0.05) is 0 Å². The summed E-state index contributed by atoms with van der Waals surface area (Å²) in [7, 11) is 0. The third-order valence-corrected chi connectivity index (χ3v) is 2.84. The molecule has 86 valence electrons. The highest BCUT2D eigenvalue weighted by atomic mass is 16.4. The van der Waals surface area contributed by atoms with E-state index in [1.807, 2.05) is 6.07 Å². The Morgan fingerprint density at radius 3 is 2.94 bits per heavy atom. The van der Waals surface area contributed by atoms with E-state index < -0.39 is 5.97 Å². The van der Waals surface area contributed by atoms with Crippen LogP contribution in [0, 0.1) is 0 Å². The summed E-state index contributed by atoms with van der Waals surface area (Å²) in [6.45, 7) is 0. The molecule has 0 aliphatic heterocycles. The Morgan fingerprint density at radius 1 is 1.41 bits per heavy atom. The smallest absolute Gasteiger partial charge is 0.339 e. The highest BCUT2D eigenvalue weighted by Gasteiger charge is 2.26. The first-order chi connectivity index (χ1) is 8.25. The van der Waals surface area contributed by atoms with Crippen LogP contribution in [-0.2, 0) is 0 Å². The van der Waals surface area contributed by atoms with E-state index >= 15 is 0 Å². The first-order valence-corrected chi connectivity index (χ1v) is 5.50. The summed E-state index contributed by atoms with van der Waals surface area (Å²) < 4.78 is 1.54. The summed E-state index contributed by atoms with van der Waals surface area (Å²) in [5.41, 5.74) is 1.19. The molecule has 0 saturated heterocycles. The summed E-state index contributed by atoms with van der Waals surface area (Å²) in [5.74, 6) is -0.0725. The lowest BCUT2D eigenvalue weighted by Gasteiger charge is -2.03. The van der Waals surface area contributed by atoms with Gasteiger partial charge >= 0.3 is 5.97 Å². The number of rotatable bonds is 3. The molecule has 3 rings (SSSR count). The van der Waals surface area contributed by atoms with Gasteiger partial charge in [-0.25, -0.2) is 14.5 Å². The van der Waals surface area contributed by atoms with Gasteiger partial charge in [-0.3, -0.25) is 0 Å². The van der Waals surface area contributed by atoms with Gasteiger partial charge in [0.05, 0.1) is 5.69 Å².